The van der Waals surface area contributed by atoms with Gasteiger partial charge in [-0.1, -0.05) is 41.9 Å². The van der Waals surface area contributed by atoms with Crippen LogP contribution in [0.2, 0.25) is 5.02 Å². The molecule has 1 aromatic heterocycles. The Balaban J connectivity index is 2.03. The van der Waals surface area contributed by atoms with Gasteiger partial charge in [-0.25, -0.2) is 0 Å². The maximum absolute atomic E-state index is 9.42. The van der Waals surface area contributed by atoms with Crippen molar-refractivity contribution < 1.29 is 9.84 Å². The number of benzene rings is 2. The first kappa shape index (κ1) is 15.6. The number of rotatable bonds is 5. The summed E-state index contributed by atoms with van der Waals surface area (Å²) in [7, 11) is 1.64. The van der Waals surface area contributed by atoms with Gasteiger partial charge in [-0.2, -0.15) is 5.10 Å². The molecule has 0 spiro atoms. The van der Waals surface area contributed by atoms with E-state index in [1.807, 2.05) is 59.3 Å². The number of methoxy groups -OCH3 is 1. The number of halogens is 1. The minimum Gasteiger partial charge on any atom is -0.497 e. The lowest BCUT2D eigenvalue weighted by Crippen LogP contribution is -2.05. The van der Waals surface area contributed by atoms with Gasteiger partial charge in [0, 0.05) is 10.6 Å². The average molecular weight is 329 g/mol. The number of ether oxygens (including phenoxy) is 1. The number of hydrogen-bond donors (Lipinski definition) is 1. The number of nitrogens with zero attached hydrogens (tertiary/aromatic N) is 2. The van der Waals surface area contributed by atoms with Crippen LogP contribution < -0.4 is 4.74 Å². The SMILES string of the molecule is COc1cccc(-c2cc(CO)nn2Cc2ccccc2Cl)c1. The van der Waals surface area contributed by atoms with Gasteiger partial charge < -0.3 is 9.84 Å². The molecule has 118 valence electrons. The van der Waals surface area contributed by atoms with E-state index in [2.05, 4.69) is 5.10 Å². The molecule has 1 heterocycles. The molecular weight excluding hydrogens is 312 g/mol. The lowest BCUT2D eigenvalue weighted by molar-refractivity contribution is 0.275. The van der Waals surface area contributed by atoms with E-state index < -0.39 is 0 Å². The quantitative estimate of drug-likeness (QED) is 0.776. The van der Waals surface area contributed by atoms with Crippen LogP contribution in [0.3, 0.4) is 0 Å². The number of aliphatic hydroxyl groups is 1. The molecular formula is C18H17ClN2O2. The van der Waals surface area contributed by atoms with Crippen molar-refractivity contribution in [1.82, 2.24) is 9.78 Å². The molecule has 0 atom stereocenters. The van der Waals surface area contributed by atoms with Crippen LogP contribution in [0.25, 0.3) is 11.3 Å². The van der Waals surface area contributed by atoms with Crippen molar-refractivity contribution in [3.05, 3.63) is 70.9 Å². The molecule has 0 unspecified atom stereocenters. The largest absolute Gasteiger partial charge is 0.497 e. The second kappa shape index (κ2) is 6.86. The van der Waals surface area contributed by atoms with E-state index in [0.717, 1.165) is 22.6 Å². The van der Waals surface area contributed by atoms with Gasteiger partial charge in [-0.15, -0.1) is 0 Å². The van der Waals surface area contributed by atoms with Crippen molar-refractivity contribution in [3.8, 4) is 17.0 Å². The van der Waals surface area contributed by atoms with Crippen LogP contribution in [0.4, 0.5) is 0 Å². The molecule has 23 heavy (non-hydrogen) atoms. The van der Waals surface area contributed by atoms with Gasteiger partial charge in [0.2, 0.25) is 0 Å². The normalized spacial score (nSPS) is 10.7. The lowest BCUT2D eigenvalue weighted by Gasteiger charge is -2.10. The van der Waals surface area contributed by atoms with Gasteiger partial charge in [-0.05, 0) is 29.8 Å². The first-order valence-electron chi connectivity index (χ1n) is 7.26. The summed E-state index contributed by atoms with van der Waals surface area (Å²) in [6.07, 6.45) is 0. The molecule has 3 rings (SSSR count). The molecule has 0 radical (unpaired) electrons. The maximum Gasteiger partial charge on any atom is 0.119 e. The van der Waals surface area contributed by atoms with Crippen molar-refractivity contribution in [2.45, 2.75) is 13.2 Å². The zero-order valence-corrected chi connectivity index (χ0v) is 13.5. The summed E-state index contributed by atoms with van der Waals surface area (Å²) in [6, 6.07) is 17.3. The Morgan fingerprint density at radius 3 is 2.70 bits per heavy atom. The molecule has 0 aliphatic rings. The van der Waals surface area contributed by atoms with Crippen LogP contribution in [0.5, 0.6) is 5.75 Å². The standard InChI is InChI=1S/C18H17ClN2O2/c1-23-16-7-4-6-13(9-16)18-10-15(12-22)20-21(18)11-14-5-2-3-8-17(14)19/h2-10,22H,11-12H2,1H3. The number of aliphatic hydroxyl groups excluding tert-OH is 1. The Labute approximate surface area is 139 Å². The predicted molar refractivity (Wildman–Crippen MR) is 90.7 cm³/mol. The van der Waals surface area contributed by atoms with Crippen LogP contribution in [-0.4, -0.2) is 22.0 Å². The predicted octanol–water partition coefficient (Wildman–Crippen LogP) is 3.75. The highest BCUT2D eigenvalue weighted by Gasteiger charge is 2.12. The van der Waals surface area contributed by atoms with E-state index in [0.29, 0.717) is 17.3 Å². The fraction of sp³-hybridized carbons (Fsp3) is 0.167. The van der Waals surface area contributed by atoms with Gasteiger partial charge in [0.25, 0.3) is 0 Å². The van der Waals surface area contributed by atoms with Crippen molar-refractivity contribution in [2.75, 3.05) is 7.11 Å². The summed E-state index contributed by atoms with van der Waals surface area (Å²) in [5.74, 6) is 0.776. The molecule has 0 saturated heterocycles. The van der Waals surface area contributed by atoms with Gasteiger partial charge in [0.05, 0.1) is 31.6 Å². The molecule has 0 bridgehead atoms. The van der Waals surface area contributed by atoms with Crippen molar-refractivity contribution in [1.29, 1.82) is 0 Å². The fourth-order valence-electron chi connectivity index (χ4n) is 2.47. The monoisotopic (exact) mass is 328 g/mol. The van der Waals surface area contributed by atoms with E-state index >= 15 is 0 Å². The number of hydrogen-bond acceptors (Lipinski definition) is 3. The van der Waals surface area contributed by atoms with E-state index in [9.17, 15) is 5.11 Å². The highest BCUT2D eigenvalue weighted by atomic mass is 35.5. The maximum atomic E-state index is 9.42. The van der Waals surface area contributed by atoms with E-state index in [-0.39, 0.29) is 6.61 Å². The Kier molecular flexibility index (Phi) is 4.65. The van der Waals surface area contributed by atoms with E-state index in [1.54, 1.807) is 7.11 Å². The van der Waals surface area contributed by atoms with E-state index in [1.165, 1.54) is 0 Å². The molecule has 3 aromatic rings. The van der Waals surface area contributed by atoms with Crippen LogP contribution >= 0.6 is 11.6 Å². The highest BCUT2D eigenvalue weighted by Crippen LogP contribution is 2.26. The Bertz CT molecular complexity index is 814. The molecule has 0 saturated carbocycles. The first-order valence-corrected chi connectivity index (χ1v) is 7.64. The molecule has 0 aliphatic carbocycles. The number of aromatic nitrogens is 2. The second-order valence-corrected chi connectivity index (χ2v) is 5.57. The van der Waals surface area contributed by atoms with Gasteiger partial charge >= 0.3 is 0 Å². The fourth-order valence-corrected chi connectivity index (χ4v) is 2.67. The summed E-state index contributed by atoms with van der Waals surface area (Å²) < 4.78 is 7.14. The van der Waals surface area contributed by atoms with Crippen LogP contribution in [0, 0.1) is 0 Å². The van der Waals surface area contributed by atoms with Gasteiger partial charge in [-0.3, -0.25) is 4.68 Å². The zero-order valence-electron chi connectivity index (χ0n) is 12.7. The van der Waals surface area contributed by atoms with Crippen molar-refractivity contribution in [3.63, 3.8) is 0 Å². The van der Waals surface area contributed by atoms with Gasteiger partial charge in [0.1, 0.15) is 5.75 Å². The van der Waals surface area contributed by atoms with Crippen molar-refractivity contribution in [2.24, 2.45) is 0 Å². The van der Waals surface area contributed by atoms with E-state index in [4.69, 9.17) is 16.3 Å². The molecule has 4 nitrogen and oxygen atoms in total. The minimum atomic E-state index is -0.105. The molecule has 0 amide bonds. The Hall–Kier alpha value is -2.30. The summed E-state index contributed by atoms with van der Waals surface area (Å²) in [5.41, 5.74) is 3.48. The third kappa shape index (κ3) is 3.38. The minimum absolute atomic E-state index is 0.105. The topological polar surface area (TPSA) is 47.3 Å². The highest BCUT2D eigenvalue weighted by molar-refractivity contribution is 6.31. The van der Waals surface area contributed by atoms with Crippen LogP contribution in [-0.2, 0) is 13.2 Å². The van der Waals surface area contributed by atoms with Crippen LogP contribution in [0.1, 0.15) is 11.3 Å². The second-order valence-electron chi connectivity index (χ2n) is 5.16. The third-order valence-corrected chi connectivity index (χ3v) is 4.00. The summed E-state index contributed by atoms with van der Waals surface area (Å²) in [5, 5.41) is 14.6. The Morgan fingerprint density at radius 1 is 1.13 bits per heavy atom. The molecule has 0 fully saturated rings. The Morgan fingerprint density at radius 2 is 1.96 bits per heavy atom. The zero-order chi connectivity index (χ0) is 16.2. The lowest BCUT2D eigenvalue weighted by atomic mass is 10.1. The summed E-state index contributed by atoms with van der Waals surface area (Å²) in [6.45, 7) is 0.429. The third-order valence-electron chi connectivity index (χ3n) is 3.64. The van der Waals surface area contributed by atoms with Crippen LogP contribution in [0.15, 0.2) is 54.6 Å². The summed E-state index contributed by atoms with van der Waals surface area (Å²) >= 11 is 6.25. The van der Waals surface area contributed by atoms with Crippen molar-refractivity contribution >= 4 is 11.6 Å². The van der Waals surface area contributed by atoms with Gasteiger partial charge in [0.15, 0.2) is 0 Å². The molecule has 0 aliphatic heterocycles. The summed E-state index contributed by atoms with van der Waals surface area (Å²) in [4.78, 5) is 0. The average Bonchev–Trinajstić information content (AvgIpc) is 3.00. The smallest absolute Gasteiger partial charge is 0.119 e. The molecule has 1 N–H and O–H groups in total. The first-order chi connectivity index (χ1) is 11.2. The molecule has 2 aromatic carbocycles. The molecule has 5 heteroatoms.